The number of nitrogens with zero attached hydrogens (tertiary/aromatic N) is 3. The average molecular weight is 482 g/mol. The molecule has 0 unspecified atom stereocenters. The van der Waals surface area contributed by atoms with E-state index in [0.717, 1.165) is 39.3 Å². The zero-order valence-corrected chi connectivity index (χ0v) is 21.2. The first kappa shape index (κ1) is 24.7. The highest BCUT2D eigenvalue weighted by molar-refractivity contribution is 5.96. The van der Waals surface area contributed by atoms with Gasteiger partial charge in [0.05, 0.1) is 0 Å². The first-order chi connectivity index (χ1) is 17.3. The molecule has 3 aromatic carbocycles. The normalized spacial score (nSPS) is 11.5. The molecule has 0 fully saturated rings. The molecule has 0 bridgehead atoms. The number of nitrogens with one attached hydrogen (secondary N) is 4. The van der Waals surface area contributed by atoms with Crippen molar-refractivity contribution >= 4 is 40.8 Å². The molecule has 0 radical (unpaired) electrons. The minimum absolute atomic E-state index is 0.190. The smallest absolute Gasteiger partial charge is 0.246 e. The molecular formula is C28H31N7O. The number of hydrogen-bond acceptors (Lipinski definition) is 7. The summed E-state index contributed by atoms with van der Waals surface area (Å²) in [7, 11) is 0. The molecule has 1 heterocycles. The van der Waals surface area contributed by atoms with Crippen LogP contribution in [-0.4, -0.2) is 26.9 Å². The Morgan fingerprint density at radius 1 is 0.694 bits per heavy atom. The largest absolute Gasteiger partial charge is 0.342 e. The van der Waals surface area contributed by atoms with Gasteiger partial charge in [-0.25, -0.2) is 0 Å². The Hall–Kier alpha value is -4.46. The van der Waals surface area contributed by atoms with E-state index >= 15 is 0 Å². The standard InChI is InChI=1S/C28H31N7O/c1-17-9-13-22(14-10-17)30-27-33-26(34-28(35-27)31-23-15-11-18(2)12-16-23)29-21(5)25(36)32-24-8-6-7-19(3)20(24)4/h6-16,21H,1-5H3,(H,32,36)(H3,29,30,31,33,34,35)/t21-/m1/s1. The number of rotatable bonds is 8. The van der Waals surface area contributed by atoms with Crippen LogP contribution in [0, 0.1) is 27.7 Å². The van der Waals surface area contributed by atoms with Crippen LogP contribution in [0.25, 0.3) is 0 Å². The highest BCUT2D eigenvalue weighted by Gasteiger charge is 2.17. The molecule has 8 heteroatoms. The van der Waals surface area contributed by atoms with Gasteiger partial charge in [0.2, 0.25) is 23.8 Å². The maximum atomic E-state index is 12.9. The average Bonchev–Trinajstić information content (AvgIpc) is 2.85. The Kier molecular flexibility index (Phi) is 7.44. The van der Waals surface area contributed by atoms with Gasteiger partial charge in [0.15, 0.2) is 0 Å². The number of benzene rings is 3. The van der Waals surface area contributed by atoms with Crippen LogP contribution < -0.4 is 21.3 Å². The molecule has 1 atom stereocenters. The molecule has 0 saturated carbocycles. The molecule has 4 N–H and O–H groups in total. The molecule has 0 aliphatic carbocycles. The molecule has 1 aromatic heterocycles. The fraction of sp³-hybridized carbons (Fsp3) is 0.214. The summed E-state index contributed by atoms with van der Waals surface area (Å²) in [5, 5.41) is 12.5. The van der Waals surface area contributed by atoms with E-state index in [1.807, 2.05) is 94.4 Å². The predicted octanol–water partition coefficient (Wildman–Crippen LogP) is 6.03. The molecule has 184 valence electrons. The summed E-state index contributed by atoms with van der Waals surface area (Å²) in [5.41, 5.74) is 6.94. The van der Waals surface area contributed by atoms with E-state index in [-0.39, 0.29) is 11.9 Å². The Labute approximate surface area is 211 Å². The molecule has 36 heavy (non-hydrogen) atoms. The van der Waals surface area contributed by atoms with Crippen molar-refractivity contribution < 1.29 is 4.79 Å². The van der Waals surface area contributed by atoms with Gasteiger partial charge in [-0.15, -0.1) is 0 Å². The fourth-order valence-corrected chi connectivity index (χ4v) is 3.47. The number of hydrogen-bond donors (Lipinski definition) is 4. The molecule has 0 saturated heterocycles. The third-order valence-electron chi connectivity index (χ3n) is 5.85. The minimum atomic E-state index is -0.591. The zero-order chi connectivity index (χ0) is 25.7. The summed E-state index contributed by atoms with van der Waals surface area (Å²) in [6.07, 6.45) is 0. The summed E-state index contributed by atoms with van der Waals surface area (Å²) in [6.45, 7) is 9.83. The highest BCUT2D eigenvalue weighted by Crippen LogP contribution is 2.21. The number of aryl methyl sites for hydroxylation is 3. The molecule has 4 rings (SSSR count). The molecular weight excluding hydrogens is 450 g/mol. The van der Waals surface area contributed by atoms with Gasteiger partial charge in [0.25, 0.3) is 0 Å². The van der Waals surface area contributed by atoms with Gasteiger partial charge < -0.3 is 21.3 Å². The second-order valence-electron chi connectivity index (χ2n) is 8.89. The first-order valence-corrected chi connectivity index (χ1v) is 11.8. The van der Waals surface area contributed by atoms with Crippen LogP contribution in [0.15, 0.2) is 66.7 Å². The Bertz CT molecular complexity index is 1290. The monoisotopic (exact) mass is 481 g/mol. The van der Waals surface area contributed by atoms with Crippen molar-refractivity contribution in [3.8, 4) is 0 Å². The number of carbonyl (C=O) groups excluding carboxylic acids is 1. The third kappa shape index (κ3) is 6.35. The lowest BCUT2D eigenvalue weighted by atomic mass is 10.1. The van der Waals surface area contributed by atoms with Gasteiger partial charge >= 0.3 is 0 Å². The summed E-state index contributed by atoms with van der Waals surface area (Å²) in [4.78, 5) is 26.5. The van der Waals surface area contributed by atoms with Crippen LogP contribution >= 0.6 is 0 Å². The Morgan fingerprint density at radius 2 is 1.19 bits per heavy atom. The minimum Gasteiger partial charge on any atom is -0.342 e. The van der Waals surface area contributed by atoms with Crippen LogP contribution in [-0.2, 0) is 4.79 Å². The van der Waals surface area contributed by atoms with Gasteiger partial charge in [0.1, 0.15) is 6.04 Å². The molecule has 1 amide bonds. The topological polar surface area (TPSA) is 104 Å². The van der Waals surface area contributed by atoms with Crippen molar-refractivity contribution in [2.75, 3.05) is 21.3 Å². The third-order valence-corrected chi connectivity index (χ3v) is 5.85. The predicted molar refractivity (Wildman–Crippen MR) is 146 cm³/mol. The van der Waals surface area contributed by atoms with Crippen LogP contribution in [0.1, 0.15) is 29.2 Å². The molecule has 0 spiro atoms. The Morgan fingerprint density at radius 3 is 1.72 bits per heavy atom. The van der Waals surface area contributed by atoms with E-state index in [1.165, 1.54) is 0 Å². The van der Waals surface area contributed by atoms with Crippen molar-refractivity contribution in [2.45, 2.75) is 40.7 Å². The van der Waals surface area contributed by atoms with E-state index in [1.54, 1.807) is 6.92 Å². The van der Waals surface area contributed by atoms with Crippen LogP contribution in [0.3, 0.4) is 0 Å². The van der Waals surface area contributed by atoms with Gasteiger partial charge in [0, 0.05) is 17.1 Å². The SMILES string of the molecule is Cc1ccc(Nc2nc(Nc3ccc(C)cc3)nc(N[C@H](C)C(=O)Nc3cccc(C)c3C)n2)cc1. The van der Waals surface area contributed by atoms with Gasteiger partial charge in [-0.1, -0.05) is 47.5 Å². The summed E-state index contributed by atoms with van der Waals surface area (Å²) < 4.78 is 0. The van der Waals surface area contributed by atoms with Crippen LogP contribution in [0.4, 0.5) is 34.9 Å². The Balaban J connectivity index is 1.56. The zero-order valence-electron chi connectivity index (χ0n) is 21.2. The van der Waals surface area contributed by atoms with Crippen molar-refractivity contribution in [2.24, 2.45) is 0 Å². The summed E-state index contributed by atoms with van der Waals surface area (Å²) in [6, 6.07) is 21.1. The quantitative estimate of drug-likeness (QED) is 0.243. The maximum Gasteiger partial charge on any atom is 0.246 e. The number of anilines is 6. The van der Waals surface area contributed by atoms with Gasteiger partial charge in [-0.05, 0) is 76.1 Å². The van der Waals surface area contributed by atoms with E-state index in [0.29, 0.717) is 11.9 Å². The molecule has 4 aromatic rings. The highest BCUT2D eigenvalue weighted by atomic mass is 16.2. The summed E-state index contributed by atoms with van der Waals surface area (Å²) >= 11 is 0. The number of amides is 1. The van der Waals surface area contributed by atoms with Gasteiger partial charge in [-0.3, -0.25) is 4.79 Å². The van der Waals surface area contributed by atoms with Crippen molar-refractivity contribution in [3.05, 3.63) is 89.0 Å². The fourth-order valence-electron chi connectivity index (χ4n) is 3.47. The molecule has 0 aliphatic rings. The van der Waals surface area contributed by atoms with E-state index in [9.17, 15) is 4.79 Å². The second kappa shape index (κ2) is 10.9. The summed E-state index contributed by atoms with van der Waals surface area (Å²) in [5.74, 6) is 0.796. The van der Waals surface area contributed by atoms with Crippen molar-refractivity contribution in [1.82, 2.24) is 15.0 Å². The number of carbonyl (C=O) groups is 1. The molecule has 8 nitrogen and oxygen atoms in total. The second-order valence-corrected chi connectivity index (χ2v) is 8.89. The lowest BCUT2D eigenvalue weighted by Gasteiger charge is -2.17. The lowest BCUT2D eigenvalue weighted by Crippen LogP contribution is -2.33. The maximum absolute atomic E-state index is 12.9. The van der Waals surface area contributed by atoms with Gasteiger partial charge in [-0.2, -0.15) is 15.0 Å². The van der Waals surface area contributed by atoms with Crippen molar-refractivity contribution in [3.63, 3.8) is 0 Å². The van der Waals surface area contributed by atoms with Crippen LogP contribution in [0.5, 0.6) is 0 Å². The van der Waals surface area contributed by atoms with E-state index < -0.39 is 6.04 Å². The van der Waals surface area contributed by atoms with Crippen LogP contribution in [0.2, 0.25) is 0 Å². The van der Waals surface area contributed by atoms with E-state index in [4.69, 9.17) is 0 Å². The lowest BCUT2D eigenvalue weighted by molar-refractivity contribution is -0.116. The van der Waals surface area contributed by atoms with E-state index in [2.05, 4.69) is 36.2 Å². The van der Waals surface area contributed by atoms with Crippen molar-refractivity contribution in [1.29, 1.82) is 0 Å². The first-order valence-electron chi connectivity index (χ1n) is 11.8. The molecule has 0 aliphatic heterocycles. The number of aromatic nitrogens is 3.